The first-order valence-electron chi connectivity index (χ1n) is 5.95. The predicted molar refractivity (Wildman–Crippen MR) is 75.8 cm³/mol. The molecule has 0 atom stereocenters. The highest BCUT2D eigenvalue weighted by Crippen LogP contribution is 2.35. The Bertz CT molecular complexity index is 671. The highest BCUT2D eigenvalue weighted by molar-refractivity contribution is 7.19. The highest BCUT2D eigenvalue weighted by atomic mass is 32.1. The summed E-state index contributed by atoms with van der Waals surface area (Å²) in [5.74, 6) is 0. The third-order valence-electron chi connectivity index (χ3n) is 2.99. The second kappa shape index (κ2) is 5.36. The molecule has 0 amide bonds. The van der Waals surface area contributed by atoms with Crippen LogP contribution in [0.15, 0.2) is 25.6 Å². The van der Waals surface area contributed by atoms with E-state index in [2.05, 4.69) is 23.1 Å². The van der Waals surface area contributed by atoms with E-state index in [1.165, 1.54) is 17.7 Å². The second-order valence-corrected chi connectivity index (χ2v) is 5.50. The molecule has 2 aromatic heterocycles. The van der Waals surface area contributed by atoms with Crippen molar-refractivity contribution in [3.05, 3.63) is 41.7 Å². The summed E-state index contributed by atoms with van der Waals surface area (Å²) in [6.45, 7) is 9.26. The van der Waals surface area contributed by atoms with Crippen molar-refractivity contribution in [1.29, 1.82) is 0 Å². The van der Waals surface area contributed by atoms with Crippen LogP contribution in [0.2, 0.25) is 0 Å². The fourth-order valence-corrected chi connectivity index (χ4v) is 3.17. The standard InChI is InChI=1S/C14H13F3N2S/c1-4-8(2)11-13-12(19-7-18-11)9(3)10(20-13)5-6-14(15,16)17/h4,7H,1-2,5-6H2,3H3. The smallest absolute Gasteiger partial charge is 0.235 e. The zero-order chi connectivity index (χ0) is 14.9. The molecule has 2 aromatic rings. The van der Waals surface area contributed by atoms with Gasteiger partial charge in [-0.25, -0.2) is 9.97 Å². The minimum Gasteiger partial charge on any atom is -0.235 e. The molecule has 0 saturated heterocycles. The average Bonchev–Trinajstić information content (AvgIpc) is 2.72. The Hall–Kier alpha value is -1.69. The van der Waals surface area contributed by atoms with Gasteiger partial charge in [0.15, 0.2) is 0 Å². The van der Waals surface area contributed by atoms with Crippen molar-refractivity contribution in [2.45, 2.75) is 25.9 Å². The summed E-state index contributed by atoms with van der Waals surface area (Å²) in [6, 6.07) is 0. The molecule has 2 heterocycles. The molecule has 0 aliphatic rings. The molecule has 2 rings (SSSR count). The van der Waals surface area contributed by atoms with E-state index in [1.807, 2.05) is 0 Å². The SMILES string of the molecule is C=CC(=C)c1ncnc2c(C)c(CCC(F)(F)F)sc12. The number of allylic oxidation sites excluding steroid dienone is 2. The highest BCUT2D eigenvalue weighted by Gasteiger charge is 2.27. The summed E-state index contributed by atoms with van der Waals surface area (Å²) >= 11 is 1.30. The van der Waals surface area contributed by atoms with Gasteiger partial charge < -0.3 is 0 Å². The maximum absolute atomic E-state index is 12.3. The molecule has 0 spiro atoms. The topological polar surface area (TPSA) is 25.8 Å². The number of rotatable bonds is 4. The molecule has 6 heteroatoms. The minimum absolute atomic E-state index is 0.0314. The van der Waals surface area contributed by atoms with Crippen molar-refractivity contribution in [1.82, 2.24) is 9.97 Å². The van der Waals surface area contributed by atoms with Gasteiger partial charge in [-0.2, -0.15) is 13.2 Å². The van der Waals surface area contributed by atoms with Crippen LogP contribution in [-0.2, 0) is 6.42 Å². The molecular weight excluding hydrogens is 285 g/mol. The van der Waals surface area contributed by atoms with Crippen LogP contribution in [0.4, 0.5) is 13.2 Å². The predicted octanol–water partition coefficient (Wildman–Crippen LogP) is 4.69. The summed E-state index contributed by atoms with van der Waals surface area (Å²) in [7, 11) is 0. The maximum atomic E-state index is 12.3. The van der Waals surface area contributed by atoms with Gasteiger partial charge in [-0.3, -0.25) is 0 Å². The fraction of sp³-hybridized carbons (Fsp3) is 0.286. The Balaban J connectivity index is 2.46. The molecule has 0 unspecified atom stereocenters. The number of nitrogens with zero attached hydrogens (tertiary/aromatic N) is 2. The molecule has 0 N–H and O–H groups in total. The van der Waals surface area contributed by atoms with Crippen LogP contribution in [0.25, 0.3) is 15.8 Å². The van der Waals surface area contributed by atoms with E-state index >= 15 is 0 Å². The van der Waals surface area contributed by atoms with Crippen molar-refractivity contribution in [2.24, 2.45) is 0 Å². The molecule has 0 aromatic carbocycles. The van der Waals surface area contributed by atoms with Crippen LogP contribution < -0.4 is 0 Å². The summed E-state index contributed by atoms with van der Waals surface area (Å²) in [5.41, 5.74) is 2.76. The molecule has 0 saturated carbocycles. The van der Waals surface area contributed by atoms with Gasteiger partial charge in [0.05, 0.1) is 15.9 Å². The van der Waals surface area contributed by atoms with Crippen molar-refractivity contribution in [3.8, 4) is 0 Å². The van der Waals surface area contributed by atoms with E-state index in [1.54, 1.807) is 13.0 Å². The maximum Gasteiger partial charge on any atom is 0.389 e. The quantitative estimate of drug-likeness (QED) is 0.765. The lowest BCUT2D eigenvalue weighted by atomic mass is 10.1. The van der Waals surface area contributed by atoms with Crippen LogP contribution in [-0.4, -0.2) is 16.1 Å². The molecular formula is C14H13F3N2S. The number of aryl methyl sites for hydroxylation is 2. The van der Waals surface area contributed by atoms with Gasteiger partial charge in [-0.1, -0.05) is 19.2 Å². The zero-order valence-corrected chi connectivity index (χ0v) is 11.7. The Morgan fingerprint density at radius 3 is 2.70 bits per heavy atom. The van der Waals surface area contributed by atoms with E-state index < -0.39 is 12.6 Å². The van der Waals surface area contributed by atoms with E-state index in [9.17, 15) is 13.2 Å². The number of aromatic nitrogens is 2. The van der Waals surface area contributed by atoms with Crippen LogP contribution in [0.5, 0.6) is 0 Å². The second-order valence-electron chi connectivity index (χ2n) is 4.39. The zero-order valence-electron chi connectivity index (χ0n) is 10.9. The fourth-order valence-electron chi connectivity index (χ4n) is 1.89. The number of hydrogen-bond acceptors (Lipinski definition) is 3. The summed E-state index contributed by atoms with van der Waals surface area (Å²) in [4.78, 5) is 9.00. The van der Waals surface area contributed by atoms with Crippen molar-refractivity contribution >= 4 is 27.1 Å². The molecule has 20 heavy (non-hydrogen) atoms. The van der Waals surface area contributed by atoms with E-state index in [-0.39, 0.29) is 6.42 Å². The third-order valence-corrected chi connectivity index (χ3v) is 4.34. The van der Waals surface area contributed by atoms with Crippen molar-refractivity contribution < 1.29 is 13.2 Å². The number of halogens is 3. The lowest BCUT2D eigenvalue weighted by molar-refractivity contribution is -0.133. The van der Waals surface area contributed by atoms with Crippen LogP contribution >= 0.6 is 11.3 Å². The average molecular weight is 298 g/mol. The van der Waals surface area contributed by atoms with E-state index in [0.29, 0.717) is 21.7 Å². The van der Waals surface area contributed by atoms with Gasteiger partial charge in [-0.05, 0) is 24.5 Å². The molecule has 0 fully saturated rings. The number of thiophene rings is 1. The van der Waals surface area contributed by atoms with Crippen molar-refractivity contribution in [3.63, 3.8) is 0 Å². The van der Waals surface area contributed by atoms with E-state index in [0.717, 1.165) is 10.3 Å². The Morgan fingerprint density at radius 1 is 1.40 bits per heavy atom. The van der Waals surface area contributed by atoms with Crippen LogP contribution in [0, 0.1) is 6.92 Å². The van der Waals surface area contributed by atoms with Gasteiger partial charge in [0.1, 0.15) is 6.33 Å². The van der Waals surface area contributed by atoms with Crippen LogP contribution in [0.3, 0.4) is 0 Å². The van der Waals surface area contributed by atoms with E-state index in [4.69, 9.17) is 0 Å². The normalized spacial score (nSPS) is 11.8. The van der Waals surface area contributed by atoms with Gasteiger partial charge in [0, 0.05) is 11.3 Å². The first kappa shape index (κ1) is 14.7. The monoisotopic (exact) mass is 298 g/mol. The molecule has 0 bridgehead atoms. The Kier molecular flexibility index (Phi) is 3.94. The Morgan fingerprint density at radius 2 is 2.10 bits per heavy atom. The van der Waals surface area contributed by atoms with Gasteiger partial charge in [0.2, 0.25) is 0 Å². The first-order valence-corrected chi connectivity index (χ1v) is 6.76. The van der Waals surface area contributed by atoms with Crippen molar-refractivity contribution in [2.75, 3.05) is 0 Å². The summed E-state index contributed by atoms with van der Waals surface area (Å²) < 4.78 is 37.8. The van der Waals surface area contributed by atoms with Gasteiger partial charge >= 0.3 is 6.18 Å². The first-order chi connectivity index (χ1) is 9.33. The van der Waals surface area contributed by atoms with Crippen LogP contribution in [0.1, 0.15) is 22.6 Å². The Labute approximate surface area is 118 Å². The molecule has 0 radical (unpaired) electrons. The lowest BCUT2D eigenvalue weighted by Gasteiger charge is -2.04. The largest absolute Gasteiger partial charge is 0.389 e. The molecule has 2 nitrogen and oxygen atoms in total. The third kappa shape index (κ3) is 2.90. The number of hydrogen-bond donors (Lipinski definition) is 0. The molecule has 0 aliphatic heterocycles. The van der Waals surface area contributed by atoms with Gasteiger partial charge in [-0.15, -0.1) is 11.3 Å². The lowest BCUT2D eigenvalue weighted by Crippen LogP contribution is -2.08. The number of alkyl halides is 3. The van der Waals surface area contributed by atoms with Gasteiger partial charge in [0.25, 0.3) is 0 Å². The summed E-state index contributed by atoms with van der Waals surface area (Å²) in [5, 5.41) is 0. The number of fused-ring (bicyclic) bond motifs is 1. The minimum atomic E-state index is -4.15. The molecule has 106 valence electrons. The summed E-state index contributed by atoms with van der Waals surface area (Å²) in [6.07, 6.45) is -2.03. The molecule has 0 aliphatic carbocycles.